The highest BCUT2D eigenvalue weighted by molar-refractivity contribution is 6.30. The second-order valence-electron chi connectivity index (χ2n) is 3.96. The Hall–Kier alpha value is -0.570. The van der Waals surface area contributed by atoms with Crippen molar-refractivity contribution in [3.63, 3.8) is 0 Å². The lowest BCUT2D eigenvalue weighted by Crippen LogP contribution is -2.22. The van der Waals surface area contributed by atoms with Gasteiger partial charge in [0.25, 0.3) is 0 Å². The maximum atomic E-state index is 5.87. The van der Waals surface area contributed by atoms with Crippen LogP contribution in [0.25, 0.3) is 0 Å². The highest BCUT2D eigenvalue weighted by atomic mass is 35.5. The first kappa shape index (κ1) is 13.5. The molecule has 16 heavy (non-hydrogen) atoms. The Morgan fingerprint density at radius 1 is 1.25 bits per heavy atom. The van der Waals surface area contributed by atoms with Gasteiger partial charge in [-0.05, 0) is 50.0 Å². The topological polar surface area (TPSA) is 38.0 Å². The molecule has 0 saturated carbocycles. The molecule has 0 fully saturated rings. The zero-order valence-electron chi connectivity index (χ0n) is 9.88. The molecule has 0 saturated heterocycles. The molecule has 1 aromatic rings. The highest BCUT2D eigenvalue weighted by Gasteiger charge is 2.07. The van der Waals surface area contributed by atoms with Crippen LogP contribution in [0.2, 0.25) is 5.02 Å². The Balaban J connectivity index is 2.44. The van der Waals surface area contributed by atoms with E-state index in [9.17, 15) is 0 Å². The predicted octanol–water partition coefficient (Wildman–Crippen LogP) is 3.12. The lowest BCUT2D eigenvalue weighted by Gasteiger charge is -2.17. The third-order valence-electron chi connectivity index (χ3n) is 2.70. The van der Waals surface area contributed by atoms with Crippen LogP contribution in [0.4, 0.5) is 0 Å². The molecule has 0 aromatic heterocycles. The van der Waals surface area contributed by atoms with E-state index in [0.29, 0.717) is 6.04 Å². The number of hydrogen-bond acceptors (Lipinski definition) is 2. The zero-order valence-corrected chi connectivity index (χ0v) is 10.6. The minimum absolute atomic E-state index is 0.426. The third kappa shape index (κ3) is 4.52. The van der Waals surface area contributed by atoms with Crippen molar-refractivity contribution in [1.29, 1.82) is 0 Å². The maximum Gasteiger partial charge on any atom is 0.0406 e. The molecule has 1 aromatic carbocycles. The summed E-state index contributed by atoms with van der Waals surface area (Å²) in [6.07, 6.45) is 3.31. The van der Waals surface area contributed by atoms with Crippen LogP contribution < -0.4 is 11.1 Å². The molecule has 90 valence electrons. The summed E-state index contributed by atoms with van der Waals surface area (Å²) in [6, 6.07) is 8.50. The van der Waals surface area contributed by atoms with Crippen molar-refractivity contribution in [2.24, 2.45) is 5.73 Å². The van der Waals surface area contributed by atoms with Gasteiger partial charge in [0, 0.05) is 11.1 Å². The number of nitrogens with one attached hydrogen (secondary N) is 1. The molecule has 0 aliphatic rings. The second-order valence-corrected chi connectivity index (χ2v) is 4.40. The fourth-order valence-corrected chi connectivity index (χ4v) is 1.86. The molecule has 1 rings (SSSR count). The van der Waals surface area contributed by atoms with Crippen LogP contribution >= 0.6 is 11.6 Å². The fraction of sp³-hybridized carbons (Fsp3) is 0.538. The van der Waals surface area contributed by atoms with Gasteiger partial charge >= 0.3 is 0 Å². The molecular formula is C13H21ClN2. The third-order valence-corrected chi connectivity index (χ3v) is 2.95. The van der Waals surface area contributed by atoms with Crippen molar-refractivity contribution in [1.82, 2.24) is 5.32 Å². The molecule has 2 nitrogen and oxygen atoms in total. The standard InChI is InChI=1S/C13H21ClN2/c1-2-13(16-10-4-3-9-15)11-5-7-12(14)8-6-11/h5-8,13,16H,2-4,9-10,15H2,1H3. The first-order valence-electron chi connectivity index (χ1n) is 5.96. The fourth-order valence-electron chi connectivity index (χ4n) is 1.74. The molecule has 0 aliphatic heterocycles. The van der Waals surface area contributed by atoms with E-state index >= 15 is 0 Å². The summed E-state index contributed by atoms with van der Waals surface area (Å²) in [5.41, 5.74) is 6.77. The summed E-state index contributed by atoms with van der Waals surface area (Å²) in [5.74, 6) is 0. The molecule has 3 N–H and O–H groups in total. The van der Waals surface area contributed by atoms with E-state index < -0.39 is 0 Å². The Morgan fingerprint density at radius 3 is 2.50 bits per heavy atom. The Morgan fingerprint density at radius 2 is 1.94 bits per heavy atom. The molecule has 3 heteroatoms. The monoisotopic (exact) mass is 240 g/mol. The summed E-state index contributed by atoms with van der Waals surface area (Å²) in [4.78, 5) is 0. The van der Waals surface area contributed by atoms with E-state index in [0.717, 1.165) is 37.4 Å². The van der Waals surface area contributed by atoms with Crippen LogP contribution in [0.15, 0.2) is 24.3 Å². The normalized spacial score (nSPS) is 12.7. The van der Waals surface area contributed by atoms with Gasteiger partial charge in [0.1, 0.15) is 0 Å². The van der Waals surface area contributed by atoms with Crippen molar-refractivity contribution in [2.45, 2.75) is 32.2 Å². The number of unbranched alkanes of at least 4 members (excludes halogenated alkanes) is 1. The Bertz CT molecular complexity index is 284. The van der Waals surface area contributed by atoms with E-state index in [1.54, 1.807) is 0 Å². The number of nitrogens with two attached hydrogens (primary N) is 1. The van der Waals surface area contributed by atoms with E-state index in [1.165, 1.54) is 5.56 Å². The molecule has 0 aliphatic carbocycles. The summed E-state index contributed by atoms with van der Waals surface area (Å²) in [7, 11) is 0. The van der Waals surface area contributed by atoms with E-state index in [1.807, 2.05) is 12.1 Å². The molecule has 0 heterocycles. The van der Waals surface area contributed by atoms with Crippen molar-refractivity contribution in [3.8, 4) is 0 Å². The van der Waals surface area contributed by atoms with Crippen molar-refractivity contribution in [2.75, 3.05) is 13.1 Å². The molecule has 1 unspecified atom stereocenters. The first-order chi connectivity index (χ1) is 7.77. The van der Waals surface area contributed by atoms with Crippen LogP contribution in [-0.2, 0) is 0 Å². The molecule has 1 atom stereocenters. The van der Waals surface area contributed by atoms with Crippen LogP contribution in [-0.4, -0.2) is 13.1 Å². The average Bonchev–Trinajstić information content (AvgIpc) is 2.31. The van der Waals surface area contributed by atoms with Crippen LogP contribution in [0.3, 0.4) is 0 Å². The van der Waals surface area contributed by atoms with Gasteiger partial charge < -0.3 is 11.1 Å². The van der Waals surface area contributed by atoms with Gasteiger partial charge in [0.2, 0.25) is 0 Å². The summed E-state index contributed by atoms with van der Waals surface area (Å²) >= 11 is 5.87. The Kier molecular flexibility index (Phi) is 6.46. The van der Waals surface area contributed by atoms with Crippen LogP contribution in [0, 0.1) is 0 Å². The lowest BCUT2D eigenvalue weighted by molar-refractivity contribution is 0.504. The summed E-state index contributed by atoms with van der Waals surface area (Å²) in [5, 5.41) is 4.33. The number of hydrogen-bond donors (Lipinski definition) is 2. The SMILES string of the molecule is CCC(NCCCCN)c1ccc(Cl)cc1. The van der Waals surface area contributed by atoms with E-state index in [4.69, 9.17) is 17.3 Å². The maximum absolute atomic E-state index is 5.87. The minimum Gasteiger partial charge on any atom is -0.330 e. The van der Waals surface area contributed by atoms with Crippen LogP contribution in [0.1, 0.15) is 37.8 Å². The zero-order chi connectivity index (χ0) is 11.8. The highest BCUT2D eigenvalue weighted by Crippen LogP contribution is 2.18. The largest absolute Gasteiger partial charge is 0.330 e. The quantitative estimate of drug-likeness (QED) is 0.719. The van der Waals surface area contributed by atoms with Crippen LogP contribution in [0.5, 0.6) is 0 Å². The average molecular weight is 241 g/mol. The second kappa shape index (κ2) is 7.66. The number of halogens is 1. The molecule has 0 spiro atoms. The first-order valence-corrected chi connectivity index (χ1v) is 6.34. The van der Waals surface area contributed by atoms with Gasteiger partial charge in [-0.15, -0.1) is 0 Å². The number of rotatable bonds is 7. The van der Waals surface area contributed by atoms with E-state index in [2.05, 4.69) is 24.4 Å². The van der Waals surface area contributed by atoms with Gasteiger partial charge in [-0.2, -0.15) is 0 Å². The number of benzene rings is 1. The Labute approximate surface area is 103 Å². The molecule has 0 amide bonds. The van der Waals surface area contributed by atoms with Gasteiger partial charge in [-0.3, -0.25) is 0 Å². The van der Waals surface area contributed by atoms with Crippen molar-refractivity contribution < 1.29 is 0 Å². The van der Waals surface area contributed by atoms with Gasteiger partial charge in [0.05, 0.1) is 0 Å². The smallest absolute Gasteiger partial charge is 0.0406 e. The minimum atomic E-state index is 0.426. The molecule has 0 radical (unpaired) electrons. The van der Waals surface area contributed by atoms with Crippen molar-refractivity contribution in [3.05, 3.63) is 34.9 Å². The van der Waals surface area contributed by atoms with Gasteiger partial charge in [-0.1, -0.05) is 30.7 Å². The van der Waals surface area contributed by atoms with E-state index in [-0.39, 0.29) is 0 Å². The summed E-state index contributed by atoms with van der Waals surface area (Å²) in [6.45, 7) is 3.99. The predicted molar refractivity (Wildman–Crippen MR) is 70.8 cm³/mol. The van der Waals surface area contributed by atoms with Crippen molar-refractivity contribution >= 4 is 11.6 Å². The van der Waals surface area contributed by atoms with Gasteiger partial charge in [-0.25, -0.2) is 0 Å². The lowest BCUT2D eigenvalue weighted by atomic mass is 10.0. The summed E-state index contributed by atoms with van der Waals surface area (Å²) < 4.78 is 0. The molecular weight excluding hydrogens is 220 g/mol. The van der Waals surface area contributed by atoms with Gasteiger partial charge in [0.15, 0.2) is 0 Å². The molecule has 0 bridgehead atoms.